The van der Waals surface area contributed by atoms with Gasteiger partial charge in [0.15, 0.2) is 5.60 Å². The van der Waals surface area contributed by atoms with Crippen LogP contribution in [0.15, 0.2) is 97.1 Å². The van der Waals surface area contributed by atoms with E-state index < -0.39 is 5.60 Å². The van der Waals surface area contributed by atoms with Gasteiger partial charge in [-0.05, 0) is 63.9 Å². The Morgan fingerprint density at radius 2 is 1.38 bits per heavy atom. The van der Waals surface area contributed by atoms with Crippen molar-refractivity contribution in [2.24, 2.45) is 0 Å². The first-order valence-electron chi connectivity index (χ1n) is 16.7. The van der Waals surface area contributed by atoms with Crippen molar-refractivity contribution in [1.82, 2.24) is 0 Å². The van der Waals surface area contributed by atoms with Crippen LogP contribution in [0, 0.1) is 0 Å². The lowest BCUT2D eigenvalue weighted by molar-refractivity contribution is 0.122. The number of anilines is 2. The van der Waals surface area contributed by atoms with Crippen LogP contribution in [0.3, 0.4) is 0 Å². The summed E-state index contributed by atoms with van der Waals surface area (Å²) < 4.78 is 24.9. The average Bonchev–Trinajstić information content (AvgIpc) is 3.55. The molecular weight excluding hydrogens is 584 g/mol. The first kappa shape index (κ1) is 28.4. The zero-order valence-electron chi connectivity index (χ0n) is 26.7. The predicted octanol–water partition coefficient (Wildman–Crippen LogP) is 7.44. The maximum atomic E-state index is 7.52. The summed E-state index contributed by atoms with van der Waals surface area (Å²) in [5.41, 5.74) is 9.96. The summed E-state index contributed by atoms with van der Waals surface area (Å²) >= 11 is 0. The monoisotopic (exact) mass is 622 g/mol. The van der Waals surface area contributed by atoms with Crippen molar-refractivity contribution in [2.75, 3.05) is 69.5 Å². The van der Waals surface area contributed by atoms with Gasteiger partial charge in [0.2, 0.25) is 0 Å². The third-order valence-electron chi connectivity index (χ3n) is 10.3. The molecule has 5 aromatic rings. The maximum absolute atomic E-state index is 7.52. The molecule has 3 heterocycles. The van der Waals surface area contributed by atoms with Gasteiger partial charge < -0.3 is 28.7 Å². The highest BCUT2D eigenvalue weighted by Gasteiger charge is 2.40. The van der Waals surface area contributed by atoms with Gasteiger partial charge in [-0.1, -0.05) is 66.7 Å². The Hall–Kier alpha value is -4.78. The molecule has 3 aliphatic heterocycles. The molecule has 1 aliphatic carbocycles. The molecule has 1 unspecified atom stereocenters. The summed E-state index contributed by atoms with van der Waals surface area (Å²) in [7, 11) is 1.78. The van der Waals surface area contributed by atoms with E-state index in [0.717, 1.165) is 79.7 Å². The molecule has 5 aromatic carbocycles. The van der Waals surface area contributed by atoms with Gasteiger partial charge in [0.1, 0.15) is 11.5 Å². The number of benzene rings is 5. The largest absolute Gasteiger partial charge is 0.495 e. The fourth-order valence-corrected chi connectivity index (χ4v) is 7.94. The molecule has 0 amide bonds. The topological polar surface area (TPSA) is 43.4 Å². The summed E-state index contributed by atoms with van der Waals surface area (Å²) in [5, 5.41) is 2.38. The van der Waals surface area contributed by atoms with Gasteiger partial charge in [0.25, 0.3) is 0 Å². The minimum Gasteiger partial charge on any atom is -0.495 e. The molecule has 47 heavy (non-hydrogen) atoms. The van der Waals surface area contributed by atoms with Gasteiger partial charge in [0, 0.05) is 60.5 Å². The first-order valence-corrected chi connectivity index (χ1v) is 16.7. The molecule has 6 nitrogen and oxygen atoms in total. The zero-order valence-corrected chi connectivity index (χ0v) is 26.7. The Bertz CT molecular complexity index is 1990. The Kier molecular flexibility index (Phi) is 6.95. The Balaban J connectivity index is 1.25. The fourth-order valence-electron chi connectivity index (χ4n) is 7.94. The highest BCUT2D eigenvalue weighted by atomic mass is 16.5. The number of hydrogen-bond acceptors (Lipinski definition) is 6. The van der Waals surface area contributed by atoms with E-state index in [9.17, 15) is 0 Å². The molecule has 2 fully saturated rings. The lowest BCUT2D eigenvalue weighted by atomic mass is 9.82. The van der Waals surface area contributed by atoms with Gasteiger partial charge in [-0.25, -0.2) is 0 Å². The molecule has 0 aromatic heterocycles. The predicted molar refractivity (Wildman–Crippen MR) is 188 cm³/mol. The van der Waals surface area contributed by atoms with E-state index in [-0.39, 0.29) is 0 Å². The average molecular weight is 623 g/mol. The minimum absolute atomic E-state index is 0.712. The molecule has 9 rings (SSSR count). The Labute approximate surface area is 275 Å². The second-order valence-corrected chi connectivity index (χ2v) is 12.8. The molecule has 0 bridgehead atoms. The van der Waals surface area contributed by atoms with Crippen molar-refractivity contribution >= 4 is 28.2 Å². The summed E-state index contributed by atoms with van der Waals surface area (Å²) in [6.07, 6.45) is 5.40. The molecular formula is C41H38N2O4. The smallest absolute Gasteiger partial charge is 0.178 e. The van der Waals surface area contributed by atoms with Crippen LogP contribution in [0.5, 0.6) is 11.5 Å². The molecule has 0 saturated carbocycles. The van der Waals surface area contributed by atoms with Gasteiger partial charge >= 0.3 is 0 Å². The van der Waals surface area contributed by atoms with Crippen molar-refractivity contribution in [1.29, 1.82) is 0 Å². The van der Waals surface area contributed by atoms with Crippen LogP contribution in [0.25, 0.3) is 28.0 Å². The first-order chi connectivity index (χ1) is 23.2. The SMILES string of the molecule is COc1cc2c3c(c4c(c2cc1N1CCOCC1)C=CC(c1ccccc1)(c1ccc(N2CCOCC2)cc1)O4)Cc1ccccc1-3. The van der Waals surface area contributed by atoms with E-state index >= 15 is 0 Å². The molecule has 0 spiro atoms. The van der Waals surface area contributed by atoms with Gasteiger partial charge in [0.05, 0.1) is 39.2 Å². The molecule has 4 aliphatic rings. The van der Waals surface area contributed by atoms with Crippen molar-refractivity contribution < 1.29 is 18.9 Å². The highest BCUT2D eigenvalue weighted by Crippen LogP contribution is 2.54. The highest BCUT2D eigenvalue weighted by molar-refractivity contribution is 6.09. The standard InChI is InChI=1S/C41H38N2O4/c1-44-38-27-35-34(26-37(38)43-19-23-46-24-20-43)33-15-16-41(29-8-3-2-4-9-29,30-11-13-31(14-12-30)42-17-21-45-22-18-42)47-40(33)36-25-28-7-5-6-10-32(28)39(35)36/h2-16,26-27H,17-25H2,1H3. The fraction of sp³-hybridized carbons (Fsp3) is 0.268. The van der Waals surface area contributed by atoms with Gasteiger partial charge in [-0.2, -0.15) is 0 Å². The van der Waals surface area contributed by atoms with E-state index in [0.29, 0.717) is 13.2 Å². The van der Waals surface area contributed by atoms with Crippen LogP contribution < -0.4 is 19.3 Å². The lowest BCUT2D eigenvalue weighted by Crippen LogP contribution is -2.37. The molecule has 0 radical (unpaired) electrons. The van der Waals surface area contributed by atoms with Gasteiger partial charge in [-0.15, -0.1) is 0 Å². The van der Waals surface area contributed by atoms with Crippen LogP contribution in [-0.2, 0) is 21.5 Å². The molecule has 0 N–H and O–H groups in total. The second kappa shape index (κ2) is 11.5. The third-order valence-corrected chi connectivity index (χ3v) is 10.3. The van der Waals surface area contributed by atoms with Crippen LogP contribution >= 0.6 is 0 Å². The van der Waals surface area contributed by atoms with Crippen LogP contribution in [0.1, 0.15) is 27.8 Å². The maximum Gasteiger partial charge on any atom is 0.178 e. The third kappa shape index (κ3) is 4.61. The summed E-state index contributed by atoms with van der Waals surface area (Å²) in [4.78, 5) is 4.78. The summed E-state index contributed by atoms with van der Waals surface area (Å²) in [6.45, 7) is 6.43. The summed E-state index contributed by atoms with van der Waals surface area (Å²) in [6, 6.07) is 33.0. The molecule has 236 valence electrons. The lowest BCUT2D eigenvalue weighted by Gasteiger charge is -2.38. The summed E-state index contributed by atoms with van der Waals surface area (Å²) in [5.74, 6) is 1.86. The zero-order chi connectivity index (χ0) is 31.4. The molecule has 6 heteroatoms. The number of morpholine rings is 2. The Morgan fingerprint density at radius 1 is 0.702 bits per heavy atom. The molecule has 2 saturated heterocycles. The number of ether oxygens (including phenoxy) is 4. The van der Waals surface area contributed by atoms with Crippen molar-refractivity contribution in [3.8, 4) is 22.6 Å². The quantitative estimate of drug-likeness (QED) is 0.199. The van der Waals surface area contributed by atoms with Crippen LogP contribution in [0.4, 0.5) is 11.4 Å². The second-order valence-electron chi connectivity index (χ2n) is 12.8. The van der Waals surface area contributed by atoms with E-state index in [1.807, 2.05) is 0 Å². The number of hydrogen-bond donors (Lipinski definition) is 0. The van der Waals surface area contributed by atoms with Crippen LogP contribution in [0.2, 0.25) is 0 Å². The van der Waals surface area contributed by atoms with E-state index in [2.05, 4.69) is 113 Å². The normalized spacial score (nSPS) is 20.0. The number of methoxy groups -OCH3 is 1. The van der Waals surface area contributed by atoms with Gasteiger partial charge in [-0.3, -0.25) is 0 Å². The van der Waals surface area contributed by atoms with Crippen molar-refractivity contribution in [3.63, 3.8) is 0 Å². The molecule has 1 atom stereocenters. The van der Waals surface area contributed by atoms with Crippen LogP contribution in [-0.4, -0.2) is 59.7 Å². The number of nitrogens with zero attached hydrogens (tertiary/aromatic N) is 2. The van der Waals surface area contributed by atoms with E-state index in [4.69, 9.17) is 18.9 Å². The minimum atomic E-state index is -0.784. The number of rotatable bonds is 5. The van der Waals surface area contributed by atoms with Crippen molar-refractivity contribution in [2.45, 2.75) is 12.0 Å². The number of fused-ring (bicyclic) bond motifs is 8. The van der Waals surface area contributed by atoms with E-state index in [1.54, 1.807) is 7.11 Å². The van der Waals surface area contributed by atoms with E-state index in [1.165, 1.54) is 38.7 Å². The Morgan fingerprint density at radius 3 is 2.13 bits per heavy atom. The van der Waals surface area contributed by atoms with Crippen molar-refractivity contribution in [3.05, 3.63) is 125 Å².